The average Bonchev–Trinajstić information content (AvgIpc) is 3.02. The molecule has 1 aromatic carbocycles. The van der Waals surface area contributed by atoms with E-state index in [1.165, 1.54) is 23.5 Å². The summed E-state index contributed by atoms with van der Waals surface area (Å²) in [6, 6.07) is 7.21. The van der Waals surface area contributed by atoms with Crippen LogP contribution >= 0.6 is 11.3 Å². The Morgan fingerprint density at radius 1 is 1.32 bits per heavy atom. The number of anilines is 1. The highest BCUT2D eigenvalue weighted by molar-refractivity contribution is 7.13. The Bertz CT molecular complexity index is 800. The zero-order valence-corrected chi connectivity index (χ0v) is 14.5. The number of nitrogens with one attached hydrogen (secondary N) is 1. The van der Waals surface area contributed by atoms with E-state index in [1.54, 1.807) is 11.0 Å². The molecule has 0 radical (unpaired) electrons. The number of hydrogen-bond donors (Lipinski definition) is 1. The van der Waals surface area contributed by atoms with E-state index in [-0.39, 0.29) is 17.6 Å². The van der Waals surface area contributed by atoms with Crippen LogP contribution in [0.4, 0.5) is 15.8 Å². The Labute approximate surface area is 148 Å². The van der Waals surface area contributed by atoms with Gasteiger partial charge in [0.2, 0.25) is 0 Å². The predicted octanol–water partition coefficient (Wildman–Crippen LogP) is 3.50. The molecule has 1 aromatic heterocycles. The van der Waals surface area contributed by atoms with E-state index in [0.29, 0.717) is 36.5 Å². The zero-order chi connectivity index (χ0) is 18.0. The molecule has 1 amide bonds. The summed E-state index contributed by atoms with van der Waals surface area (Å²) in [6.45, 7) is 3.00. The number of nitrogens with zero attached hydrogens (tertiary/aromatic N) is 2. The highest BCUT2D eigenvalue weighted by Crippen LogP contribution is 2.31. The van der Waals surface area contributed by atoms with Crippen LogP contribution in [0.1, 0.15) is 27.4 Å². The van der Waals surface area contributed by atoms with Crippen LogP contribution in [-0.4, -0.2) is 30.0 Å². The number of aryl methyl sites for hydroxylation is 1. The summed E-state index contributed by atoms with van der Waals surface area (Å²) in [7, 11) is 0. The number of hydrogen-bond acceptors (Lipinski definition) is 5. The van der Waals surface area contributed by atoms with Gasteiger partial charge >= 0.3 is 0 Å². The lowest BCUT2D eigenvalue weighted by atomic mass is 10.0. The van der Waals surface area contributed by atoms with Crippen LogP contribution in [-0.2, 0) is 0 Å². The average molecular weight is 363 g/mol. The summed E-state index contributed by atoms with van der Waals surface area (Å²) in [4.78, 5) is 26.4. The standard InChI is InChI=1S/C17H18FN3O3S/c1-11-2-5-16(25-11)17(22)19-13-6-8-20(9-7-13)15-10-12(18)3-4-14(15)21(23)24/h2-5,10,13H,6-9H2,1H3,(H,19,22). The first-order valence-electron chi connectivity index (χ1n) is 8.00. The predicted molar refractivity (Wildman–Crippen MR) is 94.8 cm³/mol. The number of piperidine rings is 1. The smallest absolute Gasteiger partial charge is 0.292 e. The van der Waals surface area contributed by atoms with Crippen molar-refractivity contribution >= 4 is 28.6 Å². The maximum absolute atomic E-state index is 13.5. The number of thiophene rings is 1. The van der Waals surface area contributed by atoms with E-state index in [1.807, 2.05) is 13.0 Å². The molecule has 1 aliphatic rings. The zero-order valence-electron chi connectivity index (χ0n) is 13.7. The highest BCUT2D eigenvalue weighted by atomic mass is 32.1. The summed E-state index contributed by atoms with van der Waals surface area (Å²) in [5.74, 6) is -0.586. The molecule has 0 aliphatic carbocycles. The van der Waals surface area contributed by atoms with Gasteiger partial charge in [0.25, 0.3) is 11.6 Å². The van der Waals surface area contributed by atoms with E-state index in [9.17, 15) is 19.3 Å². The second-order valence-electron chi connectivity index (χ2n) is 6.04. The Balaban J connectivity index is 1.63. The van der Waals surface area contributed by atoms with Gasteiger partial charge in [0.15, 0.2) is 0 Å². The van der Waals surface area contributed by atoms with Crippen LogP contribution in [0.15, 0.2) is 30.3 Å². The number of benzene rings is 1. The summed E-state index contributed by atoms with van der Waals surface area (Å²) in [5.41, 5.74) is 0.196. The first kappa shape index (κ1) is 17.3. The van der Waals surface area contributed by atoms with E-state index in [4.69, 9.17) is 0 Å². The Hall–Kier alpha value is -2.48. The number of amides is 1. The van der Waals surface area contributed by atoms with Gasteiger partial charge in [-0.25, -0.2) is 4.39 Å². The van der Waals surface area contributed by atoms with E-state index < -0.39 is 10.7 Å². The number of nitro benzene ring substituents is 1. The van der Waals surface area contributed by atoms with Crippen molar-refractivity contribution in [2.45, 2.75) is 25.8 Å². The molecule has 2 aromatic rings. The van der Waals surface area contributed by atoms with Crippen molar-refractivity contribution in [2.75, 3.05) is 18.0 Å². The van der Waals surface area contributed by atoms with Crippen LogP contribution < -0.4 is 10.2 Å². The SMILES string of the molecule is Cc1ccc(C(=O)NC2CCN(c3cc(F)ccc3[N+](=O)[O-])CC2)s1. The van der Waals surface area contributed by atoms with Gasteiger partial charge in [-0.2, -0.15) is 0 Å². The molecule has 1 fully saturated rings. The van der Waals surface area contributed by atoms with Crippen molar-refractivity contribution in [1.29, 1.82) is 0 Å². The molecule has 0 atom stereocenters. The molecule has 6 nitrogen and oxygen atoms in total. The number of carbonyl (C=O) groups is 1. The molecule has 1 aliphatic heterocycles. The van der Waals surface area contributed by atoms with E-state index in [0.717, 1.165) is 10.9 Å². The number of nitro groups is 1. The fourth-order valence-electron chi connectivity index (χ4n) is 2.98. The fourth-order valence-corrected chi connectivity index (χ4v) is 3.75. The van der Waals surface area contributed by atoms with Crippen LogP contribution in [0.5, 0.6) is 0 Å². The summed E-state index contributed by atoms with van der Waals surface area (Å²) >= 11 is 1.45. The molecule has 25 heavy (non-hydrogen) atoms. The lowest BCUT2D eigenvalue weighted by Crippen LogP contribution is -2.44. The van der Waals surface area contributed by atoms with Crippen LogP contribution in [0.25, 0.3) is 0 Å². The topological polar surface area (TPSA) is 75.5 Å². The second kappa shape index (κ2) is 7.18. The number of carbonyl (C=O) groups excluding carboxylic acids is 1. The van der Waals surface area contributed by atoms with E-state index in [2.05, 4.69) is 5.32 Å². The monoisotopic (exact) mass is 363 g/mol. The molecule has 132 valence electrons. The molecule has 0 bridgehead atoms. The Kier molecular flexibility index (Phi) is 4.98. The molecule has 0 saturated carbocycles. The van der Waals surface area contributed by atoms with Crippen molar-refractivity contribution in [3.8, 4) is 0 Å². The van der Waals surface area contributed by atoms with Crippen LogP contribution in [0.3, 0.4) is 0 Å². The van der Waals surface area contributed by atoms with Gasteiger partial charge in [-0.05, 0) is 38.0 Å². The second-order valence-corrected chi connectivity index (χ2v) is 7.32. The maximum atomic E-state index is 13.5. The maximum Gasteiger partial charge on any atom is 0.292 e. The third-order valence-electron chi connectivity index (χ3n) is 4.27. The first-order chi connectivity index (χ1) is 11.9. The molecular weight excluding hydrogens is 345 g/mol. The van der Waals surface area contributed by atoms with Gasteiger partial charge in [-0.1, -0.05) is 0 Å². The molecule has 1 N–H and O–H groups in total. The minimum Gasteiger partial charge on any atom is -0.366 e. The molecule has 0 unspecified atom stereocenters. The van der Waals surface area contributed by atoms with Gasteiger partial charge in [0.05, 0.1) is 9.80 Å². The Morgan fingerprint density at radius 3 is 2.64 bits per heavy atom. The summed E-state index contributed by atoms with van der Waals surface area (Å²) < 4.78 is 13.5. The van der Waals surface area contributed by atoms with Crippen LogP contribution in [0.2, 0.25) is 0 Å². The lowest BCUT2D eigenvalue weighted by molar-refractivity contribution is -0.384. The molecule has 0 spiro atoms. The number of halogens is 1. The van der Waals surface area contributed by atoms with Gasteiger partial charge in [0, 0.05) is 36.1 Å². The molecule has 2 heterocycles. The molecule has 1 saturated heterocycles. The quantitative estimate of drug-likeness (QED) is 0.666. The van der Waals surface area contributed by atoms with Crippen LogP contribution in [0, 0.1) is 22.9 Å². The highest BCUT2D eigenvalue weighted by Gasteiger charge is 2.26. The lowest BCUT2D eigenvalue weighted by Gasteiger charge is -2.33. The van der Waals surface area contributed by atoms with Gasteiger partial charge in [-0.3, -0.25) is 14.9 Å². The minimum absolute atomic E-state index is 0.0128. The van der Waals surface area contributed by atoms with Crippen molar-refractivity contribution in [3.63, 3.8) is 0 Å². The summed E-state index contributed by atoms with van der Waals surface area (Å²) in [5, 5.41) is 14.2. The number of rotatable bonds is 4. The Morgan fingerprint density at radius 2 is 2.04 bits per heavy atom. The van der Waals surface area contributed by atoms with Crippen molar-refractivity contribution in [2.24, 2.45) is 0 Å². The molecule has 8 heteroatoms. The van der Waals surface area contributed by atoms with Crippen molar-refractivity contribution in [1.82, 2.24) is 5.32 Å². The molecular formula is C17H18FN3O3S. The van der Waals surface area contributed by atoms with Gasteiger partial charge in [0.1, 0.15) is 11.5 Å². The third kappa shape index (κ3) is 3.96. The van der Waals surface area contributed by atoms with Crippen molar-refractivity contribution < 1.29 is 14.1 Å². The van der Waals surface area contributed by atoms with Crippen molar-refractivity contribution in [3.05, 3.63) is 56.0 Å². The van der Waals surface area contributed by atoms with Gasteiger partial charge in [-0.15, -0.1) is 11.3 Å². The largest absolute Gasteiger partial charge is 0.366 e. The minimum atomic E-state index is -0.498. The van der Waals surface area contributed by atoms with Gasteiger partial charge < -0.3 is 10.2 Å². The third-order valence-corrected chi connectivity index (χ3v) is 5.27. The molecule has 3 rings (SSSR count). The summed E-state index contributed by atoms with van der Waals surface area (Å²) in [6.07, 6.45) is 1.31. The fraction of sp³-hybridized carbons (Fsp3) is 0.353. The first-order valence-corrected chi connectivity index (χ1v) is 8.82. The normalized spacial score (nSPS) is 15.2. The van der Waals surface area contributed by atoms with E-state index >= 15 is 0 Å².